The van der Waals surface area contributed by atoms with E-state index in [-0.39, 0.29) is 49.9 Å². The highest BCUT2D eigenvalue weighted by atomic mass is 16.5. The first-order valence-electron chi connectivity index (χ1n) is 10.9. The molecule has 0 radical (unpaired) electrons. The lowest BCUT2D eigenvalue weighted by atomic mass is 9.98. The van der Waals surface area contributed by atoms with Crippen molar-refractivity contribution in [3.05, 3.63) is 71.3 Å². The van der Waals surface area contributed by atoms with Crippen molar-refractivity contribution in [2.24, 2.45) is 0 Å². The quantitative estimate of drug-likeness (QED) is 0.597. The number of fused-ring (bicyclic) bond motifs is 3. The Hall–Kier alpha value is -3.65. The molecular weight excluding hydrogens is 424 g/mol. The lowest BCUT2D eigenvalue weighted by Crippen LogP contribution is -2.40. The Labute approximate surface area is 191 Å². The number of hydrogen-bond acceptors (Lipinski definition) is 5. The van der Waals surface area contributed by atoms with E-state index < -0.39 is 18.2 Å². The largest absolute Gasteiger partial charge is 0.478 e. The van der Waals surface area contributed by atoms with Gasteiger partial charge < -0.3 is 25.2 Å². The summed E-state index contributed by atoms with van der Waals surface area (Å²) < 4.78 is 5.43. The van der Waals surface area contributed by atoms with E-state index in [1.807, 2.05) is 36.4 Å². The number of carboxylic acid groups (broad SMARTS) is 1. The van der Waals surface area contributed by atoms with Gasteiger partial charge in [-0.2, -0.15) is 0 Å². The molecule has 1 aliphatic heterocycles. The highest BCUT2D eigenvalue weighted by Crippen LogP contribution is 2.44. The number of rotatable bonds is 7. The fourth-order valence-corrected chi connectivity index (χ4v) is 4.34. The van der Waals surface area contributed by atoms with Crippen LogP contribution in [0.3, 0.4) is 0 Å². The van der Waals surface area contributed by atoms with Crippen molar-refractivity contribution in [1.29, 1.82) is 0 Å². The van der Waals surface area contributed by atoms with Crippen molar-refractivity contribution in [3.63, 3.8) is 0 Å². The fourth-order valence-electron chi connectivity index (χ4n) is 4.34. The van der Waals surface area contributed by atoms with E-state index in [0.717, 1.165) is 22.3 Å². The molecule has 1 aliphatic carbocycles. The van der Waals surface area contributed by atoms with Crippen molar-refractivity contribution in [3.8, 4) is 11.1 Å². The summed E-state index contributed by atoms with van der Waals surface area (Å²) in [5, 5.41) is 21.6. The molecule has 2 aromatic rings. The molecule has 8 heteroatoms. The smallest absolute Gasteiger partial charge is 0.407 e. The second kappa shape index (κ2) is 9.87. The third kappa shape index (κ3) is 5.06. The predicted molar refractivity (Wildman–Crippen MR) is 121 cm³/mol. The number of aliphatic hydroxyl groups is 1. The first-order chi connectivity index (χ1) is 15.9. The summed E-state index contributed by atoms with van der Waals surface area (Å²) in [6.07, 6.45) is -0.113. The topological polar surface area (TPSA) is 116 Å². The summed E-state index contributed by atoms with van der Waals surface area (Å²) in [6, 6.07) is 16.1. The zero-order chi connectivity index (χ0) is 23.4. The van der Waals surface area contributed by atoms with Crippen LogP contribution in [0.4, 0.5) is 4.79 Å². The van der Waals surface area contributed by atoms with Crippen LogP contribution in [0.15, 0.2) is 60.2 Å². The summed E-state index contributed by atoms with van der Waals surface area (Å²) in [7, 11) is 0. The number of ether oxygens (including phenoxy) is 1. The van der Waals surface area contributed by atoms with Crippen LogP contribution in [0, 0.1) is 0 Å². The fraction of sp³-hybridized carbons (Fsp3) is 0.320. The van der Waals surface area contributed by atoms with Crippen molar-refractivity contribution >= 4 is 18.0 Å². The normalized spacial score (nSPS) is 15.8. The van der Waals surface area contributed by atoms with Crippen LogP contribution >= 0.6 is 0 Å². The second-order valence-corrected chi connectivity index (χ2v) is 8.19. The minimum atomic E-state index is -1.07. The van der Waals surface area contributed by atoms with Gasteiger partial charge in [0.15, 0.2) is 0 Å². The van der Waals surface area contributed by atoms with E-state index in [2.05, 4.69) is 17.4 Å². The maximum absolute atomic E-state index is 12.3. The monoisotopic (exact) mass is 450 g/mol. The molecule has 0 bridgehead atoms. The van der Waals surface area contributed by atoms with Crippen molar-refractivity contribution in [2.75, 3.05) is 26.2 Å². The van der Waals surface area contributed by atoms with Crippen LogP contribution < -0.4 is 5.32 Å². The number of alkyl carbamates (subject to hydrolysis) is 1. The number of aliphatic carboxylic acids is 1. The molecule has 0 fully saturated rings. The maximum Gasteiger partial charge on any atom is 0.407 e. The summed E-state index contributed by atoms with van der Waals surface area (Å²) in [6.45, 7) is 0.546. The van der Waals surface area contributed by atoms with Gasteiger partial charge in [0.2, 0.25) is 5.91 Å². The number of carboxylic acids is 1. The van der Waals surface area contributed by atoms with Gasteiger partial charge in [-0.25, -0.2) is 9.59 Å². The van der Waals surface area contributed by atoms with Gasteiger partial charge in [-0.05, 0) is 28.7 Å². The number of carbonyl (C=O) groups excluding carboxylic acids is 2. The lowest BCUT2D eigenvalue weighted by Gasteiger charge is -2.26. The van der Waals surface area contributed by atoms with Crippen LogP contribution in [-0.2, 0) is 14.3 Å². The van der Waals surface area contributed by atoms with E-state index in [0.29, 0.717) is 6.54 Å². The molecule has 4 rings (SSSR count). The summed E-state index contributed by atoms with van der Waals surface area (Å²) in [5.41, 5.74) is 4.78. The predicted octanol–water partition coefficient (Wildman–Crippen LogP) is 2.52. The number of nitrogens with zero attached hydrogens (tertiary/aromatic N) is 1. The molecule has 0 aromatic heterocycles. The van der Waals surface area contributed by atoms with Crippen molar-refractivity contribution < 1.29 is 29.3 Å². The molecule has 2 amide bonds. The van der Waals surface area contributed by atoms with Gasteiger partial charge in [0.05, 0.1) is 12.5 Å². The van der Waals surface area contributed by atoms with E-state index in [1.165, 1.54) is 11.0 Å². The maximum atomic E-state index is 12.3. The highest BCUT2D eigenvalue weighted by molar-refractivity contribution is 5.87. The average Bonchev–Trinajstić information content (AvgIpc) is 3.15. The Morgan fingerprint density at radius 2 is 1.70 bits per heavy atom. The molecule has 0 spiro atoms. The van der Waals surface area contributed by atoms with Gasteiger partial charge in [-0.3, -0.25) is 4.79 Å². The molecule has 3 N–H and O–H groups in total. The van der Waals surface area contributed by atoms with Gasteiger partial charge in [0.1, 0.15) is 6.61 Å². The first kappa shape index (κ1) is 22.5. The minimum absolute atomic E-state index is 0.0579. The minimum Gasteiger partial charge on any atom is -0.478 e. The summed E-state index contributed by atoms with van der Waals surface area (Å²) in [5.74, 6) is -1.33. The first-order valence-corrected chi connectivity index (χ1v) is 10.9. The summed E-state index contributed by atoms with van der Waals surface area (Å²) >= 11 is 0. The lowest BCUT2D eigenvalue weighted by molar-refractivity contribution is -0.135. The molecular formula is C25H26N2O6. The molecule has 1 atom stereocenters. The molecule has 1 unspecified atom stereocenters. The number of carbonyl (C=O) groups is 3. The standard InChI is InChI=1S/C25H26N2O6/c28-17(13-23(29)27-11-9-16(10-12-27)24(30)31)14-26-25(32)33-15-22-20-7-3-1-5-18(20)19-6-2-4-8-21(19)22/h1-9,17,22,28H,10-15H2,(H,26,32)(H,30,31). The molecule has 0 saturated carbocycles. The Kier molecular flexibility index (Phi) is 6.74. The van der Waals surface area contributed by atoms with Gasteiger partial charge in [-0.1, -0.05) is 54.6 Å². The van der Waals surface area contributed by atoms with Crippen molar-refractivity contribution in [1.82, 2.24) is 10.2 Å². The molecule has 2 aliphatic rings. The molecule has 2 aromatic carbocycles. The number of amides is 2. The molecule has 172 valence electrons. The molecule has 8 nitrogen and oxygen atoms in total. The Bertz CT molecular complexity index is 1050. The van der Waals surface area contributed by atoms with Crippen LogP contribution in [0.5, 0.6) is 0 Å². The van der Waals surface area contributed by atoms with Crippen LogP contribution in [0.25, 0.3) is 11.1 Å². The average molecular weight is 450 g/mol. The van der Waals surface area contributed by atoms with Crippen LogP contribution in [0.2, 0.25) is 0 Å². The van der Waals surface area contributed by atoms with E-state index >= 15 is 0 Å². The SMILES string of the molecule is O=C(NCC(O)CC(=O)N1CC=C(C(=O)O)CC1)OCC1c2ccccc2-c2ccccc21. The van der Waals surface area contributed by atoms with Gasteiger partial charge in [-0.15, -0.1) is 0 Å². The van der Waals surface area contributed by atoms with E-state index in [1.54, 1.807) is 0 Å². The summed E-state index contributed by atoms with van der Waals surface area (Å²) in [4.78, 5) is 37.0. The second-order valence-electron chi connectivity index (χ2n) is 8.19. The van der Waals surface area contributed by atoms with Crippen LogP contribution in [0.1, 0.15) is 29.9 Å². The number of aliphatic hydroxyl groups excluding tert-OH is 1. The zero-order valence-corrected chi connectivity index (χ0v) is 18.1. The number of benzene rings is 2. The Morgan fingerprint density at radius 3 is 2.27 bits per heavy atom. The number of nitrogens with one attached hydrogen (secondary N) is 1. The van der Waals surface area contributed by atoms with E-state index in [9.17, 15) is 19.5 Å². The third-order valence-electron chi connectivity index (χ3n) is 6.07. The van der Waals surface area contributed by atoms with Crippen molar-refractivity contribution in [2.45, 2.75) is 24.9 Å². The zero-order valence-electron chi connectivity index (χ0n) is 18.1. The third-order valence-corrected chi connectivity index (χ3v) is 6.07. The number of hydrogen-bond donors (Lipinski definition) is 3. The highest BCUT2D eigenvalue weighted by Gasteiger charge is 2.29. The van der Waals surface area contributed by atoms with Gasteiger partial charge in [0.25, 0.3) is 0 Å². The van der Waals surface area contributed by atoms with Crippen LogP contribution in [-0.4, -0.2) is 65.4 Å². The van der Waals surface area contributed by atoms with Gasteiger partial charge in [0, 0.05) is 31.1 Å². The van der Waals surface area contributed by atoms with E-state index in [4.69, 9.17) is 9.84 Å². The van der Waals surface area contributed by atoms with Gasteiger partial charge >= 0.3 is 12.1 Å². The Morgan fingerprint density at radius 1 is 1.06 bits per heavy atom. The molecule has 0 saturated heterocycles. The Balaban J connectivity index is 1.24. The molecule has 33 heavy (non-hydrogen) atoms. The molecule has 1 heterocycles.